The number of benzene rings is 1. The zero-order valence-corrected chi connectivity index (χ0v) is 16.0. The van der Waals surface area contributed by atoms with Gasteiger partial charge in [0.15, 0.2) is 4.90 Å². The van der Waals surface area contributed by atoms with E-state index in [2.05, 4.69) is 5.32 Å². The molecule has 0 aromatic heterocycles. The fraction of sp³-hybridized carbons (Fsp3) is 0.611. The van der Waals surface area contributed by atoms with E-state index in [1.54, 1.807) is 0 Å². The first kappa shape index (κ1) is 19.8. The Morgan fingerprint density at radius 2 is 1.81 bits per heavy atom. The maximum absolute atomic E-state index is 13.0. The van der Waals surface area contributed by atoms with Crippen LogP contribution in [0.25, 0.3) is 0 Å². The van der Waals surface area contributed by atoms with Crippen LogP contribution in [-0.4, -0.2) is 42.7 Å². The molecule has 1 saturated heterocycles. The minimum atomic E-state index is -3.99. The highest BCUT2D eigenvalue weighted by Gasteiger charge is 2.35. The van der Waals surface area contributed by atoms with Crippen molar-refractivity contribution in [1.82, 2.24) is 9.62 Å². The molecule has 8 nitrogen and oxygen atoms in total. The number of nitrogens with zero attached hydrogens (tertiary/aromatic N) is 2. The molecule has 0 unspecified atom stereocenters. The third kappa shape index (κ3) is 4.47. The number of carbonyl (C=O) groups is 1. The number of amides is 1. The minimum Gasteiger partial charge on any atom is -0.352 e. The molecule has 2 aliphatic rings. The average molecular weight is 395 g/mol. The first-order valence-corrected chi connectivity index (χ1v) is 10.9. The molecule has 1 saturated carbocycles. The zero-order chi connectivity index (χ0) is 19.4. The maximum atomic E-state index is 13.0. The molecule has 2 fully saturated rings. The summed E-state index contributed by atoms with van der Waals surface area (Å²) >= 11 is 0. The van der Waals surface area contributed by atoms with Gasteiger partial charge in [-0.05, 0) is 31.7 Å². The normalized spacial score (nSPS) is 22.3. The largest absolute Gasteiger partial charge is 0.352 e. The lowest BCUT2D eigenvalue weighted by Gasteiger charge is -2.33. The molecular formula is C18H25N3O5S. The molecule has 148 valence electrons. The lowest BCUT2D eigenvalue weighted by atomic mass is 9.88. The van der Waals surface area contributed by atoms with Crippen molar-refractivity contribution >= 4 is 21.6 Å². The number of piperidine rings is 1. The van der Waals surface area contributed by atoms with Crippen LogP contribution in [0.1, 0.15) is 44.9 Å². The fourth-order valence-corrected chi connectivity index (χ4v) is 5.61. The maximum Gasteiger partial charge on any atom is 0.289 e. The van der Waals surface area contributed by atoms with Gasteiger partial charge in [-0.15, -0.1) is 0 Å². The standard InChI is InChI=1S/C18H25N3O5S/c22-18(14-7-2-1-3-8-14)19-15-9-6-12-20(13-15)27(25,26)17-11-5-4-10-16(17)21(23)24/h4-5,10-11,14-15H,1-3,6-9,12-13H2,(H,19,22)/t15-/m0/s1. The molecule has 0 spiro atoms. The number of nitrogens with one attached hydrogen (secondary N) is 1. The van der Waals surface area contributed by atoms with Crippen LogP contribution in [0.5, 0.6) is 0 Å². The molecule has 9 heteroatoms. The molecule has 1 aromatic carbocycles. The van der Waals surface area contributed by atoms with Crippen molar-refractivity contribution < 1.29 is 18.1 Å². The summed E-state index contributed by atoms with van der Waals surface area (Å²) in [5.41, 5.74) is -0.425. The zero-order valence-electron chi connectivity index (χ0n) is 15.2. The smallest absolute Gasteiger partial charge is 0.289 e. The summed E-state index contributed by atoms with van der Waals surface area (Å²) in [5, 5.41) is 14.2. The van der Waals surface area contributed by atoms with Gasteiger partial charge in [-0.2, -0.15) is 4.31 Å². The summed E-state index contributed by atoms with van der Waals surface area (Å²) in [4.78, 5) is 22.7. The summed E-state index contributed by atoms with van der Waals surface area (Å²) in [6.07, 6.45) is 6.36. The Kier molecular flexibility index (Phi) is 6.11. The summed E-state index contributed by atoms with van der Waals surface area (Å²) in [5.74, 6) is 0.0191. The highest BCUT2D eigenvalue weighted by molar-refractivity contribution is 7.89. The first-order chi connectivity index (χ1) is 12.9. The van der Waals surface area contributed by atoms with Crippen LogP contribution in [0.2, 0.25) is 0 Å². The van der Waals surface area contributed by atoms with Gasteiger partial charge in [-0.3, -0.25) is 14.9 Å². The van der Waals surface area contributed by atoms with Gasteiger partial charge in [-0.25, -0.2) is 8.42 Å². The third-order valence-corrected chi connectivity index (χ3v) is 7.30. The Hall–Kier alpha value is -2.00. The number of rotatable bonds is 5. The van der Waals surface area contributed by atoms with E-state index >= 15 is 0 Å². The first-order valence-electron chi connectivity index (χ1n) is 9.43. The van der Waals surface area contributed by atoms with Crippen molar-refractivity contribution in [2.24, 2.45) is 5.92 Å². The van der Waals surface area contributed by atoms with Crippen molar-refractivity contribution in [3.05, 3.63) is 34.4 Å². The van der Waals surface area contributed by atoms with Crippen LogP contribution < -0.4 is 5.32 Å². The molecule has 1 aliphatic carbocycles. The second-order valence-electron chi connectivity index (χ2n) is 7.27. The summed E-state index contributed by atoms with van der Waals surface area (Å²) in [6, 6.07) is 5.12. The van der Waals surface area contributed by atoms with Gasteiger partial charge < -0.3 is 5.32 Å². The Labute approximate surface area is 159 Å². The van der Waals surface area contributed by atoms with E-state index in [4.69, 9.17) is 0 Å². The Morgan fingerprint density at radius 1 is 1.11 bits per heavy atom. The average Bonchev–Trinajstić information content (AvgIpc) is 2.69. The van der Waals surface area contributed by atoms with Gasteiger partial charge in [0, 0.05) is 31.1 Å². The summed E-state index contributed by atoms with van der Waals surface area (Å²) in [6.45, 7) is 0.441. The van der Waals surface area contributed by atoms with Crippen molar-refractivity contribution in [3.63, 3.8) is 0 Å². The monoisotopic (exact) mass is 395 g/mol. The number of hydrogen-bond donors (Lipinski definition) is 1. The van der Waals surface area contributed by atoms with Gasteiger partial charge in [0.05, 0.1) is 4.92 Å². The van der Waals surface area contributed by atoms with E-state index in [1.807, 2.05) is 0 Å². The van der Waals surface area contributed by atoms with E-state index in [9.17, 15) is 23.3 Å². The van der Waals surface area contributed by atoms with Crippen LogP contribution in [0.15, 0.2) is 29.2 Å². The quantitative estimate of drug-likeness (QED) is 0.608. The molecule has 1 aliphatic heterocycles. The number of sulfonamides is 1. The van der Waals surface area contributed by atoms with E-state index in [0.29, 0.717) is 19.4 Å². The molecule has 1 amide bonds. The van der Waals surface area contributed by atoms with Crippen molar-refractivity contribution in [1.29, 1.82) is 0 Å². The predicted octanol–water partition coefficient (Wildman–Crippen LogP) is 2.44. The number of para-hydroxylation sites is 1. The highest BCUT2D eigenvalue weighted by Crippen LogP contribution is 2.29. The SMILES string of the molecule is O=C(N[C@H]1CCCN(S(=O)(=O)c2ccccc2[N+](=O)[O-])C1)C1CCCCC1. The topological polar surface area (TPSA) is 110 Å². The lowest BCUT2D eigenvalue weighted by Crippen LogP contribution is -2.50. The van der Waals surface area contributed by atoms with Crippen LogP contribution in [0, 0.1) is 16.0 Å². The van der Waals surface area contributed by atoms with E-state index in [-0.39, 0.29) is 29.3 Å². The van der Waals surface area contributed by atoms with Gasteiger partial charge in [0.25, 0.3) is 5.69 Å². The second-order valence-corrected chi connectivity index (χ2v) is 9.18. The predicted molar refractivity (Wildman–Crippen MR) is 99.6 cm³/mol. The number of carbonyl (C=O) groups excluding carboxylic acids is 1. The number of nitro benzene ring substituents is 1. The third-order valence-electron chi connectivity index (χ3n) is 5.39. The molecule has 3 rings (SSSR count). The van der Waals surface area contributed by atoms with Crippen molar-refractivity contribution in [3.8, 4) is 0 Å². The molecule has 0 radical (unpaired) electrons. The van der Waals surface area contributed by atoms with Gasteiger partial charge in [-0.1, -0.05) is 31.4 Å². The highest BCUT2D eigenvalue weighted by atomic mass is 32.2. The molecular weight excluding hydrogens is 370 g/mol. The van der Waals surface area contributed by atoms with Gasteiger partial charge in [0.1, 0.15) is 0 Å². The summed E-state index contributed by atoms with van der Waals surface area (Å²) in [7, 11) is -3.99. The fourth-order valence-electron chi connectivity index (χ4n) is 3.93. The Balaban J connectivity index is 1.72. The van der Waals surface area contributed by atoms with Crippen molar-refractivity contribution in [2.75, 3.05) is 13.1 Å². The number of nitro groups is 1. The van der Waals surface area contributed by atoms with E-state index in [1.165, 1.54) is 28.6 Å². The minimum absolute atomic E-state index is 0.00430. The molecule has 27 heavy (non-hydrogen) atoms. The molecule has 1 atom stereocenters. The molecule has 1 N–H and O–H groups in total. The number of hydrogen-bond acceptors (Lipinski definition) is 5. The van der Waals surface area contributed by atoms with Crippen LogP contribution >= 0.6 is 0 Å². The van der Waals surface area contributed by atoms with E-state index < -0.39 is 20.6 Å². The molecule has 1 heterocycles. The van der Waals surface area contributed by atoms with Gasteiger partial charge in [0.2, 0.25) is 15.9 Å². The molecule has 0 bridgehead atoms. The van der Waals surface area contributed by atoms with Crippen LogP contribution in [-0.2, 0) is 14.8 Å². The van der Waals surface area contributed by atoms with Crippen LogP contribution in [0.4, 0.5) is 5.69 Å². The van der Waals surface area contributed by atoms with Crippen molar-refractivity contribution in [2.45, 2.75) is 55.9 Å². The Morgan fingerprint density at radius 3 is 2.52 bits per heavy atom. The van der Waals surface area contributed by atoms with Gasteiger partial charge >= 0.3 is 0 Å². The second kappa shape index (κ2) is 8.35. The molecule has 1 aromatic rings. The Bertz CT molecular complexity index is 805. The van der Waals surface area contributed by atoms with E-state index in [0.717, 1.165) is 32.1 Å². The lowest BCUT2D eigenvalue weighted by molar-refractivity contribution is -0.387. The van der Waals surface area contributed by atoms with Crippen LogP contribution in [0.3, 0.4) is 0 Å². The summed E-state index contributed by atoms with van der Waals surface area (Å²) < 4.78 is 27.2.